The molecule has 2 aromatic rings. The lowest BCUT2D eigenvalue weighted by molar-refractivity contribution is 0.211. The Morgan fingerprint density at radius 2 is 2.17 bits per heavy atom. The summed E-state index contributed by atoms with van der Waals surface area (Å²) in [5.41, 5.74) is 0.449. The number of methoxy groups -OCH3 is 1. The van der Waals surface area contributed by atoms with Crippen molar-refractivity contribution < 1.29 is 13.5 Å². The molecule has 0 unspecified atom stereocenters. The fourth-order valence-electron chi connectivity index (χ4n) is 1.31. The van der Waals surface area contributed by atoms with Crippen LogP contribution in [-0.4, -0.2) is 29.6 Å². The van der Waals surface area contributed by atoms with Crippen LogP contribution in [-0.2, 0) is 4.74 Å². The number of hydrogen-bond donors (Lipinski definition) is 1. The smallest absolute Gasteiger partial charge is 0.202 e. The molecule has 2 rings (SSSR count). The Kier molecular flexibility index (Phi) is 4.16. The molecule has 0 aliphatic heterocycles. The van der Waals surface area contributed by atoms with Crippen LogP contribution in [0.25, 0.3) is 11.4 Å². The van der Waals surface area contributed by atoms with Crippen LogP contribution < -0.4 is 5.32 Å². The number of anilines is 1. The monoisotopic (exact) mass is 271 g/mol. The van der Waals surface area contributed by atoms with E-state index < -0.39 is 11.6 Å². The zero-order chi connectivity index (χ0) is 13.0. The van der Waals surface area contributed by atoms with Gasteiger partial charge in [-0.25, -0.2) is 8.78 Å². The van der Waals surface area contributed by atoms with Crippen LogP contribution >= 0.6 is 11.5 Å². The molecule has 4 nitrogen and oxygen atoms in total. The highest BCUT2D eigenvalue weighted by Gasteiger charge is 2.09. The number of hydrogen-bond acceptors (Lipinski definition) is 5. The summed E-state index contributed by atoms with van der Waals surface area (Å²) >= 11 is 1.16. The van der Waals surface area contributed by atoms with Gasteiger partial charge in [-0.2, -0.15) is 9.36 Å². The van der Waals surface area contributed by atoms with Gasteiger partial charge in [-0.3, -0.25) is 0 Å². The first-order valence-corrected chi connectivity index (χ1v) is 6.00. The molecule has 0 saturated carbocycles. The van der Waals surface area contributed by atoms with Crippen molar-refractivity contribution in [1.29, 1.82) is 0 Å². The maximum atomic E-state index is 13.1. The Morgan fingerprint density at radius 1 is 1.33 bits per heavy atom. The van der Waals surface area contributed by atoms with E-state index in [1.807, 2.05) is 0 Å². The van der Waals surface area contributed by atoms with Crippen LogP contribution in [0.1, 0.15) is 0 Å². The summed E-state index contributed by atoms with van der Waals surface area (Å²) in [4.78, 5) is 4.17. The van der Waals surface area contributed by atoms with E-state index in [0.717, 1.165) is 23.7 Å². The van der Waals surface area contributed by atoms with Gasteiger partial charge in [-0.1, -0.05) is 0 Å². The van der Waals surface area contributed by atoms with Crippen LogP contribution in [0.2, 0.25) is 0 Å². The fourth-order valence-corrected chi connectivity index (χ4v) is 1.92. The van der Waals surface area contributed by atoms with Crippen LogP contribution in [0.5, 0.6) is 0 Å². The molecule has 1 heterocycles. The van der Waals surface area contributed by atoms with Crippen molar-refractivity contribution >= 4 is 16.7 Å². The van der Waals surface area contributed by atoms with E-state index in [1.165, 1.54) is 6.07 Å². The molecule has 7 heteroatoms. The van der Waals surface area contributed by atoms with E-state index in [2.05, 4.69) is 14.7 Å². The molecule has 0 bridgehead atoms. The lowest BCUT2D eigenvalue weighted by atomic mass is 10.2. The summed E-state index contributed by atoms with van der Waals surface area (Å²) in [6.45, 7) is 1.17. The van der Waals surface area contributed by atoms with Gasteiger partial charge in [0.2, 0.25) is 5.13 Å². The molecular formula is C11H11F2N3OS. The number of rotatable bonds is 5. The third kappa shape index (κ3) is 2.99. The average Bonchev–Trinajstić information content (AvgIpc) is 2.82. The molecule has 0 saturated heterocycles. The van der Waals surface area contributed by atoms with Gasteiger partial charge in [0.05, 0.1) is 6.61 Å². The van der Waals surface area contributed by atoms with E-state index in [1.54, 1.807) is 7.11 Å². The standard InChI is InChI=1S/C11H11F2N3OS/c1-17-5-4-14-11-15-10(16-18-11)7-2-3-8(12)9(13)6-7/h2-3,6H,4-5H2,1H3,(H,14,15,16). The first kappa shape index (κ1) is 12.8. The average molecular weight is 271 g/mol. The molecule has 96 valence electrons. The van der Waals surface area contributed by atoms with Gasteiger partial charge in [0, 0.05) is 30.8 Å². The molecule has 0 fully saturated rings. The quantitative estimate of drug-likeness (QED) is 0.849. The molecule has 0 amide bonds. The van der Waals surface area contributed by atoms with E-state index in [4.69, 9.17) is 4.74 Å². The Balaban J connectivity index is 2.11. The highest BCUT2D eigenvalue weighted by molar-refractivity contribution is 7.09. The summed E-state index contributed by atoms with van der Waals surface area (Å²) in [5, 5.41) is 3.63. The number of halogens is 2. The Morgan fingerprint density at radius 3 is 2.89 bits per heavy atom. The van der Waals surface area contributed by atoms with Gasteiger partial charge in [0.1, 0.15) is 0 Å². The zero-order valence-electron chi connectivity index (χ0n) is 9.61. The van der Waals surface area contributed by atoms with Gasteiger partial charge < -0.3 is 10.1 Å². The predicted octanol–water partition coefficient (Wildman–Crippen LogP) is 2.54. The Bertz CT molecular complexity index is 533. The normalized spacial score (nSPS) is 10.6. The van der Waals surface area contributed by atoms with Crippen molar-refractivity contribution in [2.24, 2.45) is 0 Å². The molecule has 1 aromatic carbocycles. The maximum absolute atomic E-state index is 13.1. The molecule has 0 radical (unpaired) electrons. The molecule has 0 spiro atoms. The second-order valence-electron chi connectivity index (χ2n) is 3.47. The summed E-state index contributed by atoms with van der Waals surface area (Å²) in [6, 6.07) is 3.58. The first-order chi connectivity index (χ1) is 8.70. The van der Waals surface area contributed by atoms with E-state index in [9.17, 15) is 8.78 Å². The second kappa shape index (κ2) is 5.83. The predicted molar refractivity (Wildman–Crippen MR) is 65.6 cm³/mol. The summed E-state index contributed by atoms with van der Waals surface area (Å²) in [6.07, 6.45) is 0. The lowest BCUT2D eigenvalue weighted by Crippen LogP contribution is -2.07. The minimum Gasteiger partial charge on any atom is -0.383 e. The van der Waals surface area contributed by atoms with Crippen LogP contribution in [0.15, 0.2) is 18.2 Å². The minimum atomic E-state index is -0.906. The molecule has 1 N–H and O–H groups in total. The Labute approximate surface area is 107 Å². The van der Waals surface area contributed by atoms with Crippen molar-refractivity contribution in [3.05, 3.63) is 29.8 Å². The van der Waals surface area contributed by atoms with E-state index >= 15 is 0 Å². The van der Waals surface area contributed by atoms with Crippen LogP contribution in [0, 0.1) is 11.6 Å². The highest BCUT2D eigenvalue weighted by Crippen LogP contribution is 2.22. The van der Waals surface area contributed by atoms with E-state index in [-0.39, 0.29) is 0 Å². The number of benzene rings is 1. The van der Waals surface area contributed by atoms with Gasteiger partial charge in [-0.05, 0) is 18.2 Å². The zero-order valence-corrected chi connectivity index (χ0v) is 10.4. The van der Waals surface area contributed by atoms with Crippen LogP contribution in [0.3, 0.4) is 0 Å². The highest BCUT2D eigenvalue weighted by atomic mass is 32.1. The van der Waals surface area contributed by atoms with Crippen molar-refractivity contribution in [1.82, 2.24) is 9.36 Å². The molecule has 1 aromatic heterocycles. The fraction of sp³-hybridized carbons (Fsp3) is 0.273. The lowest BCUT2D eigenvalue weighted by Gasteiger charge is -1.99. The summed E-state index contributed by atoms with van der Waals surface area (Å²) < 4.78 is 34.8. The SMILES string of the molecule is COCCNc1nc(-c2ccc(F)c(F)c2)ns1. The topological polar surface area (TPSA) is 47.0 Å². The van der Waals surface area contributed by atoms with Gasteiger partial charge >= 0.3 is 0 Å². The maximum Gasteiger partial charge on any atom is 0.202 e. The first-order valence-electron chi connectivity index (χ1n) is 5.22. The Hall–Kier alpha value is -1.60. The molecule has 0 atom stereocenters. The number of ether oxygens (including phenoxy) is 1. The summed E-state index contributed by atoms with van der Waals surface area (Å²) in [7, 11) is 1.61. The molecule has 0 aliphatic rings. The van der Waals surface area contributed by atoms with Gasteiger partial charge in [-0.15, -0.1) is 0 Å². The molecule has 0 aliphatic carbocycles. The van der Waals surface area contributed by atoms with Crippen molar-refractivity contribution in [3.63, 3.8) is 0 Å². The second-order valence-corrected chi connectivity index (χ2v) is 4.22. The summed E-state index contributed by atoms with van der Waals surface area (Å²) in [5.74, 6) is -1.41. The van der Waals surface area contributed by atoms with E-state index in [0.29, 0.717) is 29.7 Å². The van der Waals surface area contributed by atoms with Gasteiger partial charge in [0.15, 0.2) is 17.5 Å². The largest absolute Gasteiger partial charge is 0.383 e. The van der Waals surface area contributed by atoms with Crippen LogP contribution in [0.4, 0.5) is 13.9 Å². The third-order valence-electron chi connectivity index (χ3n) is 2.19. The molecule has 18 heavy (non-hydrogen) atoms. The van der Waals surface area contributed by atoms with Crippen molar-refractivity contribution in [2.75, 3.05) is 25.6 Å². The number of nitrogens with zero attached hydrogens (tertiary/aromatic N) is 2. The van der Waals surface area contributed by atoms with Crippen molar-refractivity contribution in [3.8, 4) is 11.4 Å². The van der Waals surface area contributed by atoms with Gasteiger partial charge in [0.25, 0.3) is 0 Å². The number of nitrogens with one attached hydrogen (secondary N) is 1. The third-order valence-corrected chi connectivity index (χ3v) is 2.86. The molecular weight excluding hydrogens is 260 g/mol. The van der Waals surface area contributed by atoms with Crippen molar-refractivity contribution in [2.45, 2.75) is 0 Å². The minimum absolute atomic E-state index is 0.374. The number of aromatic nitrogens is 2.